The summed E-state index contributed by atoms with van der Waals surface area (Å²) < 4.78 is 60.8. The molecule has 3 saturated heterocycles. The molecule has 0 aromatic carbocycles. The first-order valence-electron chi connectivity index (χ1n) is 12.4. The van der Waals surface area contributed by atoms with Gasteiger partial charge in [-0.15, -0.1) is 0 Å². The SMILES string of the molecule is [2H]C1([2H])CCO[C@H]2C[C@H]2N1c1nc(OC([2H])([2H])[C@@]23CCCN2C[C@H](F)C3)nc2cc(Cl)ncc12. The molecular weight excluding hydrogens is 409 g/mol. The topological polar surface area (TPSA) is 63.6 Å². The number of fused-ring (bicyclic) bond motifs is 3. The Morgan fingerprint density at radius 1 is 1.43 bits per heavy atom. The number of anilines is 1. The molecule has 4 atom stereocenters. The predicted molar refractivity (Wildman–Crippen MR) is 111 cm³/mol. The van der Waals surface area contributed by atoms with Crippen molar-refractivity contribution in [1.82, 2.24) is 19.9 Å². The van der Waals surface area contributed by atoms with Gasteiger partial charge in [-0.2, -0.15) is 9.97 Å². The van der Waals surface area contributed by atoms with Crippen LogP contribution in [0.4, 0.5) is 10.2 Å². The molecule has 1 saturated carbocycles. The lowest BCUT2D eigenvalue weighted by molar-refractivity contribution is 0.107. The van der Waals surface area contributed by atoms with Gasteiger partial charge in [-0.3, -0.25) is 4.90 Å². The van der Waals surface area contributed by atoms with Gasteiger partial charge in [-0.1, -0.05) is 11.6 Å². The molecular formula is C21H25ClFN5O2. The molecule has 30 heavy (non-hydrogen) atoms. The average Bonchev–Trinajstić information content (AvgIpc) is 3.25. The van der Waals surface area contributed by atoms with Crippen LogP contribution in [0.2, 0.25) is 5.15 Å². The quantitative estimate of drug-likeness (QED) is 0.681. The van der Waals surface area contributed by atoms with E-state index in [0.717, 1.165) is 6.42 Å². The van der Waals surface area contributed by atoms with Gasteiger partial charge in [-0.25, -0.2) is 9.37 Å². The van der Waals surface area contributed by atoms with E-state index >= 15 is 0 Å². The number of pyridine rings is 1. The number of hydrogen-bond donors (Lipinski definition) is 0. The lowest BCUT2D eigenvalue weighted by atomic mass is 9.95. The van der Waals surface area contributed by atoms with Crippen molar-refractivity contribution in [2.45, 2.75) is 56.0 Å². The third kappa shape index (κ3) is 3.20. The second-order valence-corrected chi connectivity index (χ2v) is 8.82. The molecule has 6 rings (SSSR count). The molecule has 9 heteroatoms. The van der Waals surface area contributed by atoms with Crippen LogP contribution < -0.4 is 9.64 Å². The maximum Gasteiger partial charge on any atom is 0.319 e. The highest BCUT2D eigenvalue weighted by Gasteiger charge is 2.49. The number of nitrogens with zero attached hydrogens (tertiary/aromatic N) is 5. The van der Waals surface area contributed by atoms with Crippen molar-refractivity contribution in [3.63, 3.8) is 0 Å². The average molecular weight is 438 g/mol. The fourth-order valence-electron chi connectivity index (χ4n) is 4.93. The van der Waals surface area contributed by atoms with E-state index in [1.54, 1.807) is 4.90 Å². The maximum atomic E-state index is 14.3. The Morgan fingerprint density at radius 3 is 3.30 bits per heavy atom. The summed E-state index contributed by atoms with van der Waals surface area (Å²) in [5.41, 5.74) is -0.725. The zero-order valence-electron chi connectivity index (χ0n) is 20.4. The molecule has 0 bridgehead atoms. The maximum absolute atomic E-state index is 14.3. The Kier molecular flexibility index (Phi) is 3.59. The van der Waals surface area contributed by atoms with Gasteiger partial charge >= 0.3 is 6.01 Å². The Bertz CT molecular complexity index is 1150. The molecule has 0 radical (unpaired) electrons. The van der Waals surface area contributed by atoms with Crippen LogP contribution in [-0.2, 0) is 4.74 Å². The minimum atomic E-state index is -2.25. The smallest absolute Gasteiger partial charge is 0.319 e. The van der Waals surface area contributed by atoms with E-state index in [9.17, 15) is 4.39 Å². The van der Waals surface area contributed by atoms with Gasteiger partial charge in [0.1, 0.15) is 23.7 Å². The fourth-order valence-corrected chi connectivity index (χ4v) is 5.08. The molecule has 5 heterocycles. The number of aromatic nitrogens is 3. The molecule has 0 unspecified atom stereocenters. The van der Waals surface area contributed by atoms with E-state index in [2.05, 4.69) is 15.0 Å². The summed E-state index contributed by atoms with van der Waals surface area (Å²) in [6, 6.07) is 1.07. The van der Waals surface area contributed by atoms with Crippen LogP contribution >= 0.6 is 11.6 Å². The lowest BCUT2D eigenvalue weighted by Gasteiger charge is -2.31. The van der Waals surface area contributed by atoms with Crippen molar-refractivity contribution < 1.29 is 19.3 Å². The zero-order chi connectivity index (χ0) is 23.9. The van der Waals surface area contributed by atoms with E-state index in [-0.39, 0.29) is 48.5 Å². The largest absolute Gasteiger partial charge is 0.461 e. The van der Waals surface area contributed by atoms with Crippen molar-refractivity contribution >= 4 is 28.3 Å². The summed E-state index contributed by atoms with van der Waals surface area (Å²) in [7, 11) is 0. The monoisotopic (exact) mass is 437 g/mol. The standard InChI is InChI=1S/C21H25ClFN5O2/c22-18-7-15-14(10-24-18)19(28-5-2-6-29-17-8-16(17)28)26-20(25-15)30-12-21-3-1-4-27(21)11-13(23)9-21/h7,10,13,16-17H,1-6,8-9,11-12H2/t13-,16-,17+,21+/m1/s1/i5D2,12D2. The Balaban J connectivity index is 1.44. The van der Waals surface area contributed by atoms with Crippen LogP contribution in [0, 0.1) is 0 Å². The molecule has 7 nitrogen and oxygen atoms in total. The molecule has 160 valence electrons. The van der Waals surface area contributed by atoms with Crippen molar-refractivity contribution in [2.75, 3.05) is 37.7 Å². The molecule has 1 aliphatic carbocycles. The number of alkyl halides is 1. The molecule has 0 spiro atoms. The first-order chi connectivity index (χ1) is 16.1. The normalized spacial score (nSPS) is 37.5. The first kappa shape index (κ1) is 15.1. The summed E-state index contributed by atoms with van der Waals surface area (Å²) in [6.45, 7) is -2.90. The highest BCUT2D eigenvalue weighted by Crippen LogP contribution is 2.41. The van der Waals surface area contributed by atoms with Crippen molar-refractivity contribution in [2.24, 2.45) is 0 Å². The fraction of sp³-hybridized carbons (Fsp3) is 0.667. The Labute approximate surface area is 185 Å². The summed E-state index contributed by atoms with van der Waals surface area (Å²) in [5.74, 6) is 0.263. The van der Waals surface area contributed by atoms with E-state index in [0.29, 0.717) is 36.9 Å². The van der Waals surface area contributed by atoms with Crippen LogP contribution in [0.1, 0.15) is 37.6 Å². The van der Waals surface area contributed by atoms with Gasteiger partial charge in [0.25, 0.3) is 0 Å². The summed E-state index contributed by atoms with van der Waals surface area (Å²) in [5, 5.41) is 0.674. The van der Waals surface area contributed by atoms with E-state index < -0.39 is 24.8 Å². The van der Waals surface area contributed by atoms with Gasteiger partial charge in [-0.05, 0) is 32.2 Å². The van der Waals surface area contributed by atoms with Gasteiger partial charge in [0.2, 0.25) is 0 Å². The predicted octanol–water partition coefficient (Wildman–Crippen LogP) is 3.00. The lowest BCUT2D eigenvalue weighted by Crippen LogP contribution is -2.43. The Hall–Kier alpha value is -1.77. The second-order valence-electron chi connectivity index (χ2n) is 8.43. The molecule has 2 aromatic heterocycles. The minimum absolute atomic E-state index is 0.0476. The molecule has 0 amide bonds. The van der Waals surface area contributed by atoms with Gasteiger partial charge < -0.3 is 14.4 Å². The Morgan fingerprint density at radius 2 is 2.37 bits per heavy atom. The highest BCUT2D eigenvalue weighted by atomic mass is 35.5. The summed E-state index contributed by atoms with van der Waals surface area (Å²) >= 11 is 6.11. The van der Waals surface area contributed by atoms with E-state index in [4.69, 9.17) is 26.6 Å². The van der Waals surface area contributed by atoms with Crippen LogP contribution in [-0.4, -0.2) is 76.5 Å². The van der Waals surface area contributed by atoms with Crippen molar-refractivity contribution in [1.29, 1.82) is 0 Å². The number of hydrogen-bond acceptors (Lipinski definition) is 7. The summed E-state index contributed by atoms with van der Waals surface area (Å²) in [4.78, 5) is 16.5. The van der Waals surface area contributed by atoms with Gasteiger partial charge in [0.05, 0.1) is 31.3 Å². The van der Waals surface area contributed by atoms with Crippen LogP contribution in [0.3, 0.4) is 0 Å². The van der Waals surface area contributed by atoms with Gasteiger partial charge in [0, 0.05) is 41.1 Å². The van der Waals surface area contributed by atoms with E-state index in [1.165, 1.54) is 12.3 Å². The van der Waals surface area contributed by atoms with Crippen molar-refractivity contribution in [3.05, 3.63) is 17.4 Å². The van der Waals surface area contributed by atoms with Crippen LogP contribution in [0.15, 0.2) is 12.3 Å². The third-order valence-corrected chi connectivity index (χ3v) is 6.62. The third-order valence-electron chi connectivity index (χ3n) is 6.42. The first-order valence-corrected chi connectivity index (χ1v) is 10.8. The zero-order valence-corrected chi connectivity index (χ0v) is 17.1. The number of halogens is 2. The summed E-state index contributed by atoms with van der Waals surface area (Å²) in [6.07, 6.45) is 2.39. The number of rotatable bonds is 4. The molecule has 4 aliphatic rings. The second kappa shape index (κ2) is 7.14. The van der Waals surface area contributed by atoms with Crippen molar-refractivity contribution in [3.8, 4) is 6.01 Å². The molecule has 2 aromatic rings. The minimum Gasteiger partial charge on any atom is -0.461 e. The number of ether oxygens (including phenoxy) is 2. The van der Waals surface area contributed by atoms with Gasteiger partial charge in [0.15, 0.2) is 0 Å². The molecule has 0 N–H and O–H groups in total. The van der Waals surface area contributed by atoms with E-state index in [1.807, 2.05) is 4.90 Å². The molecule has 3 aliphatic heterocycles. The highest BCUT2D eigenvalue weighted by molar-refractivity contribution is 6.30. The molecule has 4 fully saturated rings. The van der Waals surface area contributed by atoms with Crippen LogP contribution in [0.5, 0.6) is 6.01 Å². The van der Waals surface area contributed by atoms with Crippen LogP contribution in [0.25, 0.3) is 10.9 Å².